The molecule has 0 aliphatic rings. The SMILES string of the molecule is CCCNc1nc(Cc2ccc(Cl)cc2)no1. The molecule has 0 saturated heterocycles. The van der Waals surface area contributed by atoms with Gasteiger partial charge in [-0.15, -0.1) is 0 Å². The normalized spacial score (nSPS) is 10.5. The van der Waals surface area contributed by atoms with Gasteiger partial charge in [0.1, 0.15) is 0 Å². The van der Waals surface area contributed by atoms with Crippen molar-refractivity contribution in [2.75, 3.05) is 11.9 Å². The van der Waals surface area contributed by atoms with Gasteiger partial charge < -0.3 is 9.84 Å². The third kappa shape index (κ3) is 3.46. The van der Waals surface area contributed by atoms with E-state index in [-0.39, 0.29) is 0 Å². The van der Waals surface area contributed by atoms with Crippen LogP contribution in [-0.2, 0) is 6.42 Å². The minimum atomic E-state index is 0.482. The Hall–Kier alpha value is -1.55. The molecule has 1 N–H and O–H groups in total. The Kier molecular flexibility index (Phi) is 3.98. The summed E-state index contributed by atoms with van der Waals surface area (Å²) in [6, 6.07) is 8.10. The second kappa shape index (κ2) is 5.68. The molecule has 0 radical (unpaired) electrons. The number of rotatable bonds is 5. The molecule has 0 aliphatic heterocycles. The van der Waals surface area contributed by atoms with Gasteiger partial charge in [-0.2, -0.15) is 4.98 Å². The molecule has 2 aromatic rings. The van der Waals surface area contributed by atoms with Crippen molar-refractivity contribution in [2.24, 2.45) is 0 Å². The van der Waals surface area contributed by atoms with E-state index in [2.05, 4.69) is 22.4 Å². The van der Waals surface area contributed by atoms with Crippen molar-refractivity contribution in [3.05, 3.63) is 40.7 Å². The number of aromatic nitrogens is 2. The van der Waals surface area contributed by atoms with Gasteiger partial charge in [-0.05, 0) is 24.1 Å². The minimum Gasteiger partial charge on any atom is -0.338 e. The molecule has 90 valence electrons. The van der Waals surface area contributed by atoms with Crippen LogP contribution >= 0.6 is 11.6 Å². The fraction of sp³-hybridized carbons (Fsp3) is 0.333. The molecule has 0 aliphatic carbocycles. The van der Waals surface area contributed by atoms with Crippen LogP contribution in [0.3, 0.4) is 0 Å². The van der Waals surface area contributed by atoms with Crippen LogP contribution in [0.2, 0.25) is 5.02 Å². The molecule has 1 aromatic carbocycles. The zero-order valence-corrected chi connectivity index (χ0v) is 10.4. The maximum Gasteiger partial charge on any atom is 0.321 e. The fourth-order valence-corrected chi connectivity index (χ4v) is 1.54. The van der Waals surface area contributed by atoms with Gasteiger partial charge in [0.25, 0.3) is 0 Å². The average molecular weight is 252 g/mol. The first kappa shape index (κ1) is 11.9. The first-order valence-electron chi connectivity index (χ1n) is 5.59. The van der Waals surface area contributed by atoms with Crippen molar-refractivity contribution < 1.29 is 4.52 Å². The van der Waals surface area contributed by atoms with Gasteiger partial charge in [-0.1, -0.05) is 35.8 Å². The highest BCUT2D eigenvalue weighted by atomic mass is 35.5. The van der Waals surface area contributed by atoms with E-state index in [9.17, 15) is 0 Å². The molecule has 2 rings (SSSR count). The smallest absolute Gasteiger partial charge is 0.321 e. The van der Waals surface area contributed by atoms with Crippen LogP contribution in [0.4, 0.5) is 6.01 Å². The lowest BCUT2D eigenvalue weighted by atomic mass is 10.1. The Balaban J connectivity index is 1.98. The number of nitrogens with one attached hydrogen (secondary N) is 1. The highest BCUT2D eigenvalue weighted by Crippen LogP contribution is 2.13. The second-order valence-electron chi connectivity index (χ2n) is 3.75. The summed E-state index contributed by atoms with van der Waals surface area (Å²) in [5.74, 6) is 0.672. The fourth-order valence-electron chi connectivity index (χ4n) is 1.41. The molecule has 5 heteroatoms. The summed E-state index contributed by atoms with van der Waals surface area (Å²) < 4.78 is 5.06. The van der Waals surface area contributed by atoms with E-state index in [4.69, 9.17) is 16.1 Å². The molecule has 0 spiro atoms. The lowest BCUT2D eigenvalue weighted by molar-refractivity contribution is 0.423. The van der Waals surface area contributed by atoms with Gasteiger partial charge in [0, 0.05) is 18.0 Å². The molecular weight excluding hydrogens is 238 g/mol. The zero-order chi connectivity index (χ0) is 12.1. The van der Waals surface area contributed by atoms with E-state index >= 15 is 0 Å². The van der Waals surface area contributed by atoms with Crippen molar-refractivity contribution >= 4 is 17.6 Å². The number of benzene rings is 1. The summed E-state index contributed by atoms with van der Waals surface area (Å²) in [5, 5.41) is 7.68. The first-order chi connectivity index (χ1) is 8.28. The van der Waals surface area contributed by atoms with Gasteiger partial charge in [0.15, 0.2) is 5.82 Å². The van der Waals surface area contributed by atoms with Crippen molar-refractivity contribution in [1.82, 2.24) is 10.1 Å². The average Bonchev–Trinajstić information content (AvgIpc) is 2.77. The van der Waals surface area contributed by atoms with Crippen LogP contribution < -0.4 is 5.32 Å². The Labute approximate surface area is 105 Å². The number of hydrogen-bond donors (Lipinski definition) is 1. The quantitative estimate of drug-likeness (QED) is 0.887. The summed E-state index contributed by atoms with van der Waals surface area (Å²) in [7, 11) is 0. The van der Waals surface area contributed by atoms with Crippen LogP contribution in [0.25, 0.3) is 0 Å². The molecular formula is C12H14ClN3O. The van der Waals surface area contributed by atoms with Gasteiger partial charge in [-0.3, -0.25) is 0 Å². The van der Waals surface area contributed by atoms with Crippen molar-refractivity contribution in [3.8, 4) is 0 Å². The Morgan fingerprint density at radius 2 is 2.06 bits per heavy atom. The van der Waals surface area contributed by atoms with Gasteiger partial charge in [0.2, 0.25) is 0 Å². The highest BCUT2D eigenvalue weighted by molar-refractivity contribution is 6.30. The van der Waals surface area contributed by atoms with E-state index < -0.39 is 0 Å². The van der Waals surface area contributed by atoms with Crippen LogP contribution in [0.1, 0.15) is 24.7 Å². The predicted octanol–water partition coefficient (Wildman–Crippen LogP) is 3.14. The van der Waals surface area contributed by atoms with Crippen molar-refractivity contribution in [3.63, 3.8) is 0 Å². The molecule has 0 unspecified atom stereocenters. The number of hydrogen-bond acceptors (Lipinski definition) is 4. The molecule has 0 atom stereocenters. The maximum atomic E-state index is 5.82. The zero-order valence-electron chi connectivity index (χ0n) is 9.61. The van der Waals surface area contributed by atoms with Gasteiger partial charge >= 0.3 is 6.01 Å². The summed E-state index contributed by atoms with van der Waals surface area (Å²) in [4.78, 5) is 4.24. The van der Waals surface area contributed by atoms with Gasteiger partial charge in [0.05, 0.1) is 0 Å². The number of nitrogens with zero attached hydrogens (tertiary/aromatic N) is 2. The molecule has 0 amide bonds. The van der Waals surface area contributed by atoms with Crippen LogP contribution in [0, 0.1) is 0 Å². The molecule has 4 nitrogen and oxygen atoms in total. The monoisotopic (exact) mass is 251 g/mol. The second-order valence-corrected chi connectivity index (χ2v) is 4.18. The van der Waals surface area contributed by atoms with Crippen molar-refractivity contribution in [1.29, 1.82) is 0 Å². The highest BCUT2D eigenvalue weighted by Gasteiger charge is 2.05. The first-order valence-corrected chi connectivity index (χ1v) is 5.96. The third-order valence-electron chi connectivity index (χ3n) is 2.27. The maximum absolute atomic E-state index is 5.82. The van der Waals surface area contributed by atoms with Gasteiger partial charge in [-0.25, -0.2) is 0 Å². The number of anilines is 1. The van der Waals surface area contributed by atoms with E-state index in [1.54, 1.807) is 0 Å². The summed E-state index contributed by atoms with van der Waals surface area (Å²) in [5.41, 5.74) is 1.11. The molecule has 0 fully saturated rings. The van der Waals surface area contributed by atoms with Crippen LogP contribution in [0.5, 0.6) is 0 Å². The summed E-state index contributed by atoms with van der Waals surface area (Å²) >= 11 is 5.82. The Bertz CT molecular complexity index is 467. The molecule has 1 aromatic heterocycles. The Morgan fingerprint density at radius 3 is 2.76 bits per heavy atom. The van der Waals surface area contributed by atoms with Crippen LogP contribution in [0.15, 0.2) is 28.8 Å². The van der Waals surface area contributed by atoms with Crippen molar-refractivity contribution in [2.45, 2.75) is 19.8 Å². The molecule has 0 bridgehead atoms. The topological polar surface area (TPSA) is 51.0 Å². The van der Waals surface area contributed by atoms with E-state index in [0.717, 1.165) is 23.6 Å². The summed E-state index contributed by atoms with van der Waals surface area (Å²) in [6.45, 7) is 2.92. The minimum absolute atomic E-state index is 0.482. The largest absolute Gasteiger partial charge is 0.338 e. The lowest BCUT2D eigenvalue weighted by Gasteiger charge is -1.96. The molecule has 17 heavy (non-hydrogen) atoms. The lowest BCUT2D eigenvalue weighted by Crippen LogP contribution is -1.99. The number of halogens is 1. The van der Waals surface area contributed by atoms with Crippen LogP contribution in [-0.4, -0.2) is 16.7 Å². The standard InChI is InChI=1S/C12H14ClN3O/c1-2-7-14-12-15-11(16-17-12)8-9-3-5-10(13)6-4-9/h3-6H,2,7-8H2,1H3,(H,14,15,16). The summed E-state index contributed by atoms with van der Waals surface area (Å²) in [6.07, 6.45) is 1.67. The van der Waals surface area contributed by atoms with E-state index in [1.165, 1.54) is 0 Å². The molecule has 0 saturated carbocycles. The predicted molar refractivity (Wildman–Crippen MR) is 67.3 cm³/mol. The molecule has 1 heterocycles. The van der Waals surface area contributed by atoms with E-state index in [1.807, 2.05) is 24.3 Å². The third-order valence-corrected chi connectivity index (χ3v) is 2.52. The Morgan fingerprint density at radius 1 is 1.29 bits per heavy atom. The van der Waals surface area contributed by atoms with E-state index in [0.29, 0.717) is 18.3 Å².